The third kappa shape index (κ3) is 1.36. The van der Waals surface area contributed by atoms with Crippen molar-refractivity contribution >= 4 is 0 Å². The van der Waals surface area contributed by atoms with Crippen LogP contribution in [0.1, 0.15) is 31.1 Å². The van der Waals surface area contributed by atoms with Crippen molar-refractivity contribution in [3.8, 4) is 0 Å². The average molecular weight is 177 g/mol. The van der Waals surface area contributed by atoms with Gasteiger partial charge in [-0.05, 0) is 25.0 Å². The standard InChI is InChI=1S/C11H15NO/c1-11(2)10(13)9-6-4-3-5-8(9)7-12-11/h3-6,10,12-13H,7H2,1-2H3. The van der Waals surface area contributed by atoms with Crippen LogP contribution in [0.4, 0.5) is 0 Å². The molecule has 0 bridgehead atoms. The first-order valence-corrected chi connectivity index (χ1v) is 4.62. The molecule has 0 fully saturated rings. The number of fused-ring (bicyclic) bond motifs is 1. The van der Waals surface area contributed by atoms with Crippen molar-refractivity contribution in [1.82, 2.24) is 5.32 Å². The minimum absolute atomic E-state index is 0.214. The average Bonchev–Trinajstić information content (AvgIpc) is 2.13. The fraction of sp³-hybridized carbons (Fsp3) is 0.455. The lowest BCUT2D eigenvalue weighted by Crippen LogP contribution is -2.47. The minimum atomic E-state index is -0.405. The molecule has 0 spiro atoms. The molecule has 0 aromatic heterocycles. The van der Waals surface area contributed by atoms with Crippen molar-refractivity contribution in [2.45, 2.75) is 32.0 Å². The zero-order valence-electron chi connectivity index (χ0n) is 8.04. The predicted octanol–water partition coefficient (Wildman–Crippen LogP) is 1.60. The summed E-state index contributed by atoms with van der Waals surface area (Å²) < 4.78 is 0. The second kappa shape index (κ2) is 2.82. The number of aliphatic hydroxyl groups is 1. The predicted molar refractivity (Wildman–Crippen MR) is 52.3 cm³/mol. The zero-order chi connectivity index (χ0) is 9.47. The van der Waals surface area contributed by atoms with E-state index < -0.39 is 6.10 Å². The molecule has 70 valence electrons. The van der Waals surface area contributed by atoms with Crippen molar-refractivity contribution < 1.29 is 5.11 Å². The summed E-state index contributed by atoms with van der Waals surface area (Å²) in [6.07, 6.45) is -0.405. The van der Waals surface area contributed by atoms with E-state index in [2.05, 4.69) is 11.4 Å². The Morgan fingerprint density at radius 3 is 2.85 bits per heavy atom. The molecule has 1 aliphatic heterocycles. The van der Waals surface area contributed by atoms with Crippen molar-refractivity contribution in [1.29, 1.82) is 0 Å². The van der Waals surface area contributed by atoms with E-state index >= 15 is 0 Å². The van der Waals surface area contributed by atoms with Crippen LogP contribution in [0.3, 0.4) is 0 Å². The summed E-state index contributed by atoms with van der Waals surface area (Å²) in [5.41, 5.74) is 2.05. The summed E-state index contributed by atoms with van der Waals surface area (Å²) in [7, 11) is 0. The van der Waals surface area contributed by atoms with Crippen molar-refractivity contribution in [2.24, 2.45) is 0 Å². The van der Waals surface area contributed by atoms with Gasteiger partial charge >= 0.3 is 0 Å². The maximum atomic E-state index is 10.0. The van der Waals surface area contributed by atoms with E-state index in [1.165, 1.54) is 5.56 Å². The molecule has 2 nitrogen and oxygen atoms in total. The molecule has 13 heavy (non-hydrogen) atoms. The third-order valence-electron chi connectivity index (χ3n) is 2.77. The molecule has 2 rings (SSSR count). The Hall–Kier alpha value is -0.860. The highest BCUT2D eigenvalue weighted by atomic mass is 16.3. The molecule has 2 heteroatoms. The quantitative estimate of drug-likeness (QED) is 0.631. The normalized spacial score (nSPS) is 25.3. The van der Waals surface area contributed by atoms with Crippen molar-refractivity contribution in [3.63, 3.8) is 0 Å². The first-order valence-electron chi connectivity index (χ1n) is 4.62. The Balaban J connectivity index is 2.45. The lowest BCUT2D eigenvalue weighted by Gasteiger charge is -2.37. The second-order valence-corrected chi connectivity index (χ2v) is 4.18. The number of aliphatic hydroxyl groups excluding tert-OH is 1. The molecule has 0 aliphatic carbocycles. The van der Waals surface area contributed by atoms with E-state index in [0.717, 1.165) is 12.1 Å². The molecule has 1 aliphatic rings. The first-order chi connectivity index (χ1) is 6.11. The molecule has 2 N–H and O–H groups in total. The Labute approximate surface area is 78.6 Å². The van der Waals surface area contributed by atoms with E-state index in [1.54, 1.807) is 0 Å². The molecular formula is C11H15NO. The van der Waals surface area contributed by atoms with Gasteiger partial charge in [0, 0.05) is 12.1 Å². The number of rotatable bonds is 0. The maximum Gasteiger partial charge on any atom is 0.0969 e. The molecule has 1 unspecified atom stereocenters. The number of hydrogen-bond donors (Lipinski definition) is 2. The Morgan fingerprint density at radius 2 is 2.08 bits per heavy atom. The van der Waals surface area contributed by atoms with Gasteiger partial charge in [-0.2, -0.15) is 0 Å². The van der Waals surface area contributed by atoms with E-state index in [0.29, 0.717) is 0 Å². The van der Waals surface area contributed by atoms with Crippen LogP contribution in [0.2, 0.25) is 0 Å². The summed E-state index contributed by atoms with van der Waals surface area (Å²) >= 11 is 0. The van der Waals surface area contributed by atoms with Gasteiger partial charge in [0.15, 0.2) is 0 Å². The van der Waals surface area contributed by atoms with Gasteiger partial charge in [-0.15, -0.1) is 0 Å². The summed E-state index contributed by atoms with van der Waals surface area (Å²) in [6, 6.07) is 8.04. The summed E-state index contributed by atoms with van der Waals surface area (Å²) in [5, 5.41) is 13.3. The molecule has 0 saturated carbocycles. The topological polar surface area (TPSA) is 32.3 Å². The molecule has 1 heterocycles. The van der Waals surface area contributed by atoms with Crippen LogP contribution in [0, 0.1) is 0 Å². The fourth-order valence-electron chi connectivity index (χ4n) is 1.77. The lowest BCUT2D eigenvalue weighted by atomic mass is 9.85. The van der Waals surface area contributed by atoms with Gasteiger partial charge in [0.25, 0.3) is 0 Å². The molecule has 0 amide bonds. The van der Waals surface area contributed by atoms with Crippen LogP contribution in [-0.2, 0) is 6.54 Å². The summed E-state index contributed by atoms with van der Waals surface area (Å²) in [4.78, 5) is 0. The Kier molecular flexibility index (Phi) is 1.90. The van der Waals surface area contributed by atoms with E-state index in [4.69, 9.17) is 0 Å². The number of benzene rings is 1. The second-order valence-electron chi connectivity index (χ2n) is 4.18. The summed E-state index contributed by atoms with van der Waals surface area (Å²) in [6.45, 7) is 4.89. The van der Waals surface area contributed by atoms with Crippen LogP contribution in [0.5, 0.6) is 0 Å². The monoisotopic (exact) mass is 177 g/mol. The van der Waals surface area contributed by atoms with Gasteiger partial charge in [-0.25, -0.2) is 0 Å². The summed E-state index contributed by atoms with van der Waals surface area (Å²) in [5.74, 6) is 0. The molecule has 1 aromatic rings. The van der Waals surface area contributed by atoms with Gasteiger partial charge in [0.1, 0.15) is 0 Å². The van der Waals surface area contributed by atoms with E-state index in [9.17, 15) is 5.11 Å². The van der Waals surface area contributed by atoms with Crippen molar-refractivity contribution in [2.75, 3.05) is 0 Å². The Bertz CT molecular complexity index is 320. The molecule has 1 aromatic carbocycles. The van der Waals surface area contributed by atoms with Crippen LogP contribution in [-0.4, -0.2) is 10.6 Å². The fourth-order valence-corrected chi connectivity index (χ4v) is 1.77. The van der Waals surface area contributed by atoms with Gasteiger partial charge in [-0.1, -0.05) is 24.3 Å². The first kappa shape index (κ1) is 8.73. The highest BCUT2D eigenvalue weighted by Gasteiger charge is 2.33. The smallest absolute Gasteiger partial charge is 0.0969 e. The van der Waals surface area contributed by atoms with Crippen LogP contribution in [0.25, 0.3) is 0 Å². The minimum Gasteiger partial charge on any atom is -0.386 e. The highest BCUT2D eigenvalue weighted by molar-refractivity contribution is 5.33. The molecular weight excluding hydrogens is 162 g/mol. The number of nitrogens with one attached hydrogen (secondary N) is 1. The number of hydrogen-bond acceptors (Lipinski definition) is 2. The zero-order valence-corrected chi connectivity index (χ0v) is 8.04. The van der Waals surface area contributed by atoms with E-state index in [1.807, 2.05) is 32.0 Å². The molecule has 0 radical (unpaired) electrons. The van der Waals surface area contributed by atoms with Gasteiger partial charge in [0.2, 0.25) is 0 Å². The highest BCUT2D eigenvalue weighted by Crippen LogP contribution is 2.32. The van der Waals surface area contributed by atoms with Crippen molar-refractivity contribution in [3.05, 3.63) is 35.4 Å². The van der Waals surface area contributed by atoms with E-state index in [-0.39, 0.29) is 5.54 Å². The SMILES string of the molecule is CC1(C)NCc2ccccc2C1O. The lowest BCUT2D eigenvalue weighted by molar-refractivity contribution is 0.0685. The molecule has 0 saturated heterocycles. The van der Waals surface area contributed by atoms with Crippen LogP contribution >= 0.6 is 0 Å². The van der Waals surface area contributed by atoms with Crippen LogP contribution in [0.15, 0.2) is 24.3 Å². The maximum absolute atomic E-state index is 10.0. The molecule has 1 atom stereocenters. The third-order valence-corrected chi connectivity index (χ3v) is 2.77. The van der Waals surface area contributed by atoms with Gasteiger partial charge in [0.05, 0.1) is 6.10 Å². The largest absolute Gasteiger partial charge is 0.386 e. The van der Waals surface area contributed by atoms with Gasteiger partial charge < -0.3 is 10.4 Å². The Morgan fingerprint density at radius 1 is 1.38 bits per heavy atom. The van der Waals surface area contributed by atoms with Crippen LogP contribution < -0.4 is 5.32 Å². The van der Waals surface area contributed by atoms with Gasteiger partial charge in [-0.3, -0.25) is 0 Å².